The van der Waals surface area contributed by atoms with Crippen molar-refractivity contribution in [3.05, 3.63) is 23.2 Å². The number of amides is 1. The third-order valence-electron chi connectivity index (χ3n) is 4.68. The molecule has 0 spiro atoms. The van der Waals surface area contributed by atoms with E-state index in [9.17, 15) is 4.79 Å². The number of anilines is 1. The van der Waals surface area contributed by atoms with Crippen LogP contribution in [0.1, 0.15) is 19.3 Å². The highest BCUT2D eigenvalue weighted by atomic mass is 35.5. The molecule has 2 aliphatic heterocycles. The van der Waals surface area contributed by atoms with Gasteiger partial charge >= 0.3 is 0 Å². The molecule has 2 heterocycles. The SMILES string of the molecule is COc1ccc(Cl)cc1N1CCC(NC(=O)[C@@H]2CC[C@H](CN)O2)C1.Cl.Cl. The van der Waals surface area contributed by atoms with Crippen LogP contribution in [-0.2, 0) is 9.53 Å². The molecule has 1 amide bonds. The number of ether oxygens (including phenoxy) is 2. The number of carbonyl (C=O) groups excluding carboxylic acids is 1. The van der Waals surface area contributed by atoms with E-state index in [0.29, 0.717) is 11.6 Å². The number of methoxy groups -OCH3 is 1. The van der Waals surface area contributed by atoms with Crippen molar-refractivity contribution < 1.29 is 14.3 Å². The Bertz CT molecular complexity index is 606. The van der Waals surface area contributed by atoms with E-state index in [1.54, 1.807) is 7.11 Å². The summed E-state index contributed by atoms with van der Waals surface area (Å²) in [5.41, 5.74) is 6.56. The van der Waals surface area contributed by atoms with Crippen LogP contribution in [0, 0.1) is 0 Å². The van der Waals surface area contributed by atoms with Crippen molar-refractivity contribution in [2.24, 2.45) is 5.73 Å². The summed E-state index contributed by atoms with van der Waals surface area (Å²) in [6, 6.07) is 5.67. The average molecular weight is 427 g/mol. The van der Waals surface area contributed by atoms with Crippen molar-refractivity contribution in [2.75, 3.05) is 31.6 Å². The summed E-state index contributed by atoms with van der Waals surface area (Å²) in [5, 5.41) is 3.77. The standard InChI is InChI=1S/C17H24ClN3O3.2ClH/c1-23-15-4-2-11(18)8-14(15)21-7-6-12(10-21)20-17(22)16-5-3-13(9-19)24-16;;/h2,4,8,12-13,16H,3,5-7,9-10,19H2,1H3,(H,20,22);2*1H/t12?,13-,16+;;/m1../s1. The molecule has 1 unspecified atom stereocenters. The van der Waals surface area contributed by atoms with Gasteiger partial charge in [0.05, 0.1) is 18.9 Å². The maximum atomic E-state index is 12.3. The number of benzene rings is 1. The van der Waals surface area contributed by atoms with Gasteiger partial charge in [0, 0.05) is 30.7 Å². The Morgan fingerprint density at radius 2 is 2.15 bits per heavy atom. The quantitative estimate of drug-likeness (QED) is 0.756. The molecule has 3 atom stereocenters. The summed E-state index contributed by atoms with van der Waals surface area (Å²) in [6.07, 6.45) is 2.12. The Kier molecular flexibility index (Phi) is 9.27. The summed E-state index contributed by atoms with van der Waals surface area (Å²) in [7, 11) is 1.65. The van der Waals surface area contributed by atoms with Crippen LogP contribution in [-0.4, -0.2) is 50.9 Å². The van der Waals surface area contributed by atoms with Crippen LogP contribution in [0.3, 0.4) is 0 Å². The second kappa shape index (κ2) is 10.4. The molecule has 2 saturated heterocycles. The zero-order valence-corrected chi connectivity index (χ0v) is 17.0. The van der Waals surface area contributed by atoms with Gasteiger partial charge in [-0.25, -0.2) is 0 Å². The van der Waals surface area contributed by atoms with Gasteiger partial charge in [-0.1, -0.05) is 11.6 Å². The minimum atomic E-state index is -0.367. The number of nitrogens with two attached hydrogens (primary N) is 1. The van der Waals surface area contributed by atoms with Crippen molar-refractivity contribution in [2.45, 2.75) is 37.5 Å². The highest BCUT2D eigenvalue weighted by Gasteiger charge is 2.33. The number of halogens is 3. The second-order valence-electron chi connectivity index (χ2n) is 6.32. The van der Waals surface area contributed by atoms with Crippen molar-refractivity contribution in [3.63, 3.8) is 0 Å². The van der Waals surface area contributed by atoms with Crippen molar-refractivity contribution in [1.29, 1.82) is 0 Å². The van der Waals surface area contributed by atoms with Crippen LogP contribution in [0.4, 0.5) is 5.69 Å². The normalized spacial score (nSPS) is 24.6. The lowest BCUT2D eigenvalue weighted by atomic mass is 10.1. The molecule has 1 aromatic carbocycles. The lowest BCUT2D eigenvalue weighted by molar-refractivity contribution is -0.132. The van der Waals surface area contributed by atoms with Crippen molar-refractivity contribution >= 4 is 48.0 Å². The van der Waals surface area contributed by atoms with Crippen LogP contribution < -0.4 is 20.7 Å². The first kappa shape index (κ1) is 23.1. The van der Waals surface area contributed by atoms with E-state index < -0.39 is 0 Å². The highest BCUT2D eigenvalue weighted by Crippen LogP contribution is 2.33. The fourth-order valence-corrected chi connectivity index (χ4v) is 3.54. The molecular formula is C17H26Cl3N3O3. The van der Waals surface area contributed by atoms with E-state index >= 15 is 0 Å². The number of carbonyl (C=O) groups is 1. The number of nitrogens with zero attached hydrogens (tertiary/aromatic N) is 1. The molecule has 0 saturated carbocycles. The van der Waals surface area contributed by atoms with Gasteiger partial charge in [0.2, 0.25) is 5.91 Å². The summed E-state index contributed by atoms with van der Waals surface area (Å²) in [4.78, 5) is 14.5. The summed E-state index contributed by atoms with van der Waals surface area (Å²) < 4.78 is 11.1. The van der Waals surface area contributed by atoms with Crippen molar-refractivity contribution in [3.8, 4) is 5.75 Å². The smallest absolute Gasteiger partial charge is 0.249 e. The first-order valence-electron chi connectivity index (χ1n) is 8.35. The number of rotatable bonds is 5. The third kappa shape index (κ3) is 5.30. The lowest BCUT2D eigenvalue weighted by Gasteiger charge is -2.22. The van der Waals surface area contributed by atoms with Gasteiger partial charge in [-0.05, 0) is 37.5 Å². The van der Waals surface area contributed by atoms with Gasteiger partial charge in [-0.15, -0.1) is 24.8 Å². The summed E-state index contributed by atoms with van der Waals surface area (Å²) in [5.74, 6) is 0.757. The van der Waals surface area contributed by atoms with E-state index in [1.807, 2.05) is 18.2 Å². The fourth-order valence-electron chi connectivity index (χ4n) is 3.37. The van der Waals surface area contributed by atoms with Crippen LogP contribution >= 0.6 is 36.4 Å². The van der Waals surface area contributed by atoms with E-state index in [-0.39, 0.29) is 49.0 Å². The van der Waals surface area contributed by atoms with E-state index in [4.69, 9.17) is 26.8 Å². The van der Waals surface area contributed by atoms with Crippen molar-refractivity contribution in [1.82, 2.24) is 5.32 Å². The topological polar surface area (TPSA) is 76.8 Å². The molecule has 0 aliphatic carbocycles. The molecule has 6 nitrogen and oxygen atoms in total. The molecule has 148 valence electrons. The second-order valence-corrected chi connectivity index (χ2v) is 6.75. The molecule has 0 aromatic heterocycles. The molecule has 2 fully saturated rings. The predicted molar refractivity (Wildman–Crippen MR) is 108 cm³/mol. The first-order valence-corrected chi connectivity index (χ1v) is 8.73. The fraction of sp³-hybridized carbons (Fsp3) is 0.588. The minimum absolute atomic E-state index is 0. The van der Waals surface area contributed by atoms with Gasteiger partial charge in [-0.3, -0.25) is 4.79 Å². The molecule has 26 heavy (non-hydrogen) atoms. The number of nitrogens with one attached hydrogen (secondary N) is 1. The van der Waals surface area contributed by atoms with Gasteiger partial charge in [0.1, 0.15) is 11.9 Å². The maximum Gasteiger partial charge on any atom is 0.249 e. The van der Waals surface area contributed by atoms with Gasteiger partial charge in [0.25, 0.3) is 0 Å². The zero-order chi connectivity index (χ0) is 17.1. The predicted octanol–water partition coefficient (Wildman–Crippen LogP) is 2.39. The summed E-state index contributed by atoms with van der Waals surface area (Å²) in [6.45, 7) is 2.05. The lowest BCUT2D eigenvalue weighted by Crippen LogP contribution is -2.43. The molecule has 3 N–H and O–H groups in total. The largest absolute Gasteiger partial charge is 0.495 e. The molecule has 1 aromatic rings. The first-order chi connectivity index (χ1) is 11.6. The number of hydrogen-bond acceptors (Lipinski definition) is 5. The van der Waals surface area contributed by atoms with Crippen LogP contribution in [0.5, 0.6) is 5.75 Å². The van der Waals surface area contributed by atoms with Crippen LogP contribution in [0.15, 0.2) is 18.2 Å². The van der Waals surface area contributed by atoms with Gasteiger partial charge in [-0.2, -0.15) is 0 Å². The molecule has 9 heteroatoms. The Morgan fingerprint density at radius 3 is 2.81 bits per heavy atom. The molecule has 2 aliphatic rings. The molecular weight excluding hydrogens is 401 g/mol. The molecule has 0 bridgehead atoms. The third-order valence-corrected chi connectivity index (χ3v) is 4.91. The highest BCUT2D eigenvalue weighted by molar-refractivity contribution is 6.30. The van der Waals surface area contributed by atoms with E-state index in [1.165, 1.54) is 0 Å². The van der Waals surface area contributed by atoms with Crippen LogP contribution in [0.2, 0.25) is 5.02 Å². The van der Waals surface area contributed by atoms with Crippen LogP contribution in [0.25, 0.3) is 0 Å². The minimum Gasteiger partial charge on any atom is -0.495 e. The Morgan fingerprint density at radius 1 is 1.38 bits per heavy atom. The number of hydrogen-bond donors (Lipinski definition) is 2. The Labute approximate surface area is 171 Å². The van der Waals surface area contributed by atoms with E-state index in [0.717, 1.165) is 43.8 Å². The van der Waals surface area contributed by atoms with E-state index in [2.05, 4.69) is 10.2 Å². The summed E-state index contributed by atoms with van der Waals surface area (Å²) >= 11 is 6.11. The van der Waals surface area contributed by atoms with Gasteiger partial charge < -0.3 is 25.4 Å². The molecule has 3 rings (SSSR count). The Balaban J connectivity index is 0.00000169. The molecule has 0 radical (unpaired) electrons. The van der Waals surface area contributed by atoms with Gasteiger partial charge in [0.15, 0.2) is 0 Å². The average Bonchev–Trinajstić information content (AvgIpc) is 3.24. The Hall–Kier alpha value is -0.920. The maximum absolute atomic E-state index is 12.3. The zero-order valence-electron chi connectivity index (χ0n) is 14.7. The monoisotopic (exact) mass is 425 g/mol.